The molecule has 0 aliphatic rings. The molecule has 0 aliphatic carbocycles. The van der Waals surface area contributed by atoms with E-state index >= 15 is 0 Å². The van der Waals surface area contributed by atoms with Gasteiger partial charge in [0.2, 0.25) is 0 Å². The van der Waals surface area contributed by atoms with Crippen molar-refractivity contribution < 1.29 is 9.90 Å². The minimum Gasteiger partial charge on any atom is -0.498 e. The van der Waals surface area contributed by atoms with E-state index in [1.165, 1.54) is 14.1 Å². The van der Waals surface area contributed by atoms with Crippen molar-refractivity contribution in [1.29, 1.82) is 0 Å². The van der Waals surface area contributed by atoms with E-state index in [0.29, 0.717) is 15.7 Å². The Morgan fingerprint density at radius 1 is 1.29 bits per heavy atom. The average molecular weight is 234 g/mol. The molecule has 14 heavy (non-hydrogen) atoms. The Balaban J connectivity index is 3.38. The van der Waals surface area contributed by atoms with Crippen molar-refractivity contribution in [3.05, 3.63) is 28.2 Å². The van der Waals surface area contributed by atoms with Gasteiger partial charge >= 0.3 is 0 Å². The molecule has 0 fully saturated rings. The molecule has 0 atom stereocenters. The van der Waals surface area contributed by atoms with Crippen LogP contribution in [0.25, 0.3) is 0 Å². The summed E-state index contributed by atoms with van der Waals surface area (Å²) in [6, 6.07) is 4.83. The van der Waals surface area contributed by atoms with Gasteiger partial charge in [-0.05, 0) is 12.1 Å². The first-order valence-corrected chi connectivity index (χ1v) is 4.63. The summed E-state index contributed by atoms with van der Waals surface area (Å²) in [4.78, 5) is 10.9. The molecule has 0 aliphatic heterocycles. The molecular formula is C9H9Cl2NO2. The molecule has 0 saturated heterocycles. The highest BCUT2D eigenvalue weighted by atomic mass is 35.5. The molecule has 1 aromatic rings. The molecule has 0 saturated carbocycles. The standard InChI is InChI=1S/C9H9Cl2NO2/c1-12(2,9(13)14)8-6(10)4-3-5-7(8)11/h3-5H,1-2H3. The third-order valence-corrected chi connectivity index (χ3v) is 2.56. The van der Waals surface area contributed by atoms with Crippen molar-refractivity contribution in [3.63, 3.8) is 0 Å². The Morgan fingerprint density at radius 3 is 2.07 bits per heavy atom. The van der Waals surface area contributed by atoms with Crippen LogP contribution < -0.4 is 9.59 Å². The van der Waals surface area contributed by atoms with Crippen LogP contribution in [-0.4, -0.2) is 20.2 Å². The molecule has 0 unspecified atom stereocenters. The highest BCUT2D eigenvalue weighted by Crippen LogP contribution is 2.35. The summed E-state index contributed by atoms with van der Waals surface area (Å²) in [5.41, 5.74) is 0.329. The summed E-state index contributed by atoms with van der Waals surface area (Å²) in [5, 5.41) is 11.5. The lowest BCUT2D eigenvalue weighted by Gasteiger charge is -2.29. The van der Waals surface area contributed by atoms with Crippen LogP contribution in [-0.2, 0) is 0 Å². The molecule has 3 nitrogen and oxygen atoms in total. The number of rotatable bonds is 1. The zero-order valence-electron chi connectivity index (χ0n) is 7.75. The van der Waals surface area contributed by atoms with E-state index < -0.39 is 10.6 Å². The number of hydrogen-bond donors (Lipinski definition) is 0. The van der Waals surface area contributed by atoms with E-state index in [-0.39, 0.29) is 0 Å². The van der Waals surface area contributed by atoms with Gasteiger partial charge in [0.05, 0.1) is 14.1 Å². The number of carbonyl (C=O) groups is 1. The zero-order valence-corrected chi connectivity index (χ0v) is 9.26. The van der Waals surface area contributed by atoms with Crippen LogP contribution in [0.1, 0.15) is 0 Å². The smallest absolute Gasteiger partial charge is 0.262 e. The maximum Gasteiger partial charge on any atom is 0.262 e. The molecule has 1 rings (SSSR count). The number of quaternary nitrogens is 1. The molecule has 1 aromatic carbocycles. The monoisotopic (exact) mass is 233 g/mol. The number of hydrogen-bond acceptors (Lipinski definition) is 2. The van der Waals surface area contributed by atoms with E-state index in [4.69, 9.17) is 23.2 Å². The van der Waals surface area contributed by atoms with Gasteiger partial charge in [0.25, 0.3) is 6.09 Å². The van der Waals surface area contributed by atoms with E-state index in [2.05, 4.69) is 0 Å². The molecule has 0 heterocycles. The largest absolute Gasteiger partial charge is 0.498 e. The maximum atomic E-state index is 10.9. The van der Waals surface area contributed by atoms with E-state index in [1.54, 1.807) is 18.2 Å². The number of benzene rings is 1. The van der Waals surface area contributed by atoms with Gasteiger partial charge in [0.15, 0.2) is 5.69 Å². The average Bonchev–Trinajstić information content (AvgIpc) is 2.02. The van der Waals surface area contributed by atoms with Crippen LogP contribution in [0.15, 0.2) is 18.2 Å². The summed E-state index contributed by atoms with van der Waals surface area (Å²) in [6.45, 7) is 0. The first-order valence-electron chi connectivity index (χ1n) is 3.87. The zero-order chi connectivity index (χ0) is 10.9. The minimum absolute atomic E-state index is 0.312. The van der Waals surface area contributed by atoms with Crippen LogP contribution in [0, 0.1) is 0 Å². The Hall–Kier alpha value is -0.770. The lowest BCUT2D eigenvalue weighted by atomic mass is 10.2. The van der Waals surface area contributed by atoms with Gasteiger partial charge < -0.3 is 9.90 Å². The van der Waals surface area contributed by atoms with Gasteiger partial charge in [-0.2, -0.15) is 0 Å². The van der Waals surface area contributed by atoms with Crippen molar-refractivity contribution >= 4 is 35.0 Å². The summed E-state index contributed by atoms with van der Waals surface area (Å²) >= 11 is 11.7. The first kappa shape index (κ1) is 11.3. The number of halogens is 2. The molecule has 0 aromatic heterocycles. The molecule has 0 radical (unpaired) electrons. The molecule has 5 heteroatoms. The molecule has 0 spiro atoms. The fraction of sp³-hybridized carbons (Fsp3) is 0.222. The normalized spacial score (nSPS) is 11.4. The topological polar surface area (TPSA) is 40.1 Å². The lowest BCUT2D eigenvalue weighted by Crippen LogP contribution is -2.54. The molecule has 1 amide bonds. The molecular weight excluding hydrogens is 225 g/mol. The third-order valence-electron chi connectivity index (χ3n) is 1.95. The molecule has 0 bridgehead atoms. The second-order valence-corrected chi connectivity index (χ2v) is 4.10. The molecule has 76 valence electrons. The van der Waals surface area contributed by atoms with E-state index in [0.717, 1.165) is 0 Å². The van der Waals surface area contributed by atoms with Gasteiger partial charge in [0, 0.05) is 0 Å². The number of carbonyl (C=O) groups excluding carboxylic acids is 1. The number of amides is 1. The minimum atomic E-state index is -1.26. The molecule has 0 N–H and O–H groups in total. The van der Waals surface area contributed by atoms with Crippen LogP contribution in [0.3, 0.4) is 0 Å². The van der Waals surface area contributed by atoms with Gasteiger partial charge in [0.1, 0.15) is 10.0 Å². The summed E-state index contributed by atoms with van der Waals surface area (Å²) in [7, 11) is 2.89. The van der Waals surface area contributed by atoms with Crippen molar-refractivity contribution in [2.45, 2.75) is 0 Å². The Bertz CT molecular complexity index is 357. The third kappa shape index (κ3) is 1.85. The number of carboxylic acid groups (broad SMARTS) is 1. The second kappa shape index (κ2) is 3.77. The van der Waals surface area contributed by atoms with Gasteiger partial charge in [-0.25, -0.2) is 4.48 Å². The van der Waals surface area contributed by atoms with E-state index in [1.807, 2.05) is 0 Å². The van der Waals surface area contributed by atoms with Crippen LogP contribution in [0.5, 0.6) is 0 Å². The van der Waals surface area contributed by atoms with Crippen molar-refractivity contribution in [2.75, 3.05) is 14.1 Å². The summed E-state index contributed by atoms with van der Waals surface area (Å²) in [6.07, 6.45) is -1.26. The predicted octanol–water partition coefficient (Wildman–Crippen LogP) is 1.90. The first-order chi connectivity index (χ1) is 6.37. The van der Waals surface area contributed by atoms with Gasteiger partial charge in [-0.15, -0.1) is 0 Å². The second-order valence-electron chi connectivity index (χ2n) is 3.29. The number of para-hydroxylation sites is 1. The predicted molar refractivity (Wildman–Crippen MR) is 55.5 cm³/mol. The van der Waals surface area contributed by atoms with E-state index in [9.17, 15) is 9.90 Å². The Labute approximate surface area is 92.1 Å². The quantitative estimate of drug-likeness (QED) is 0.696. The van der Waals surface area contributed by atoms with Gasteiger partial charge in [-0.1, -0.05) is 29.3 Å². The van der Waals surface area contributed by atoms with Crippen molar-refractivity contribution in [3.8, 4) is 0 Å². The Morgan fingerprint density at radius 2 is 1.71 bits per heavy atom. The van der Waals surface area contributed by atoms with Crippen LogP contribution in [0.4, 0.5) is 10.5 Å². The maximum absolute atomic E-state index is 10.9. The number of nitrogens with zero attached hydrogens (tertiary/aromatic N) is 1. The van der Waals surface area contributed by atoms with Crippen molar-refractivity contribution in [1.82, 2.24) is 4.48 Å². The highest BCUT2D eigenvalue weighted by molar-refractivity contribution is 6.39. The SMILES string of the molecule is C[N+](C)(C(=O)[O-])c1c(Cl)cccc1Cl. The Kier molecular flexibility index (Phi) is 3.04. The highest BCUT2D eigenvalue weighted by Gasteiger charge is 2.27. The lowest BCUT2D eigenvalue weighted by molar-refractivity contribution is -0.261. The van der Waals surface area contributed by atoms with Crippen LogP contribution >= 0.6 is 23.2 Å². The fourth-order valence-corrected chi connectivity index (χ4v) is 1.93. The van der Waals surface area contributed by atoms with Crippen molar-refractivity contribution in [2.24, 2.45) is 0 Å². The van der Waals surface area contributed by atoms with Gasteiger partial charge in [-0.3, -0.25) is 0 Å². The summed E-state index contributed by atoms with van der Waals surface area (Å²) in [5.74, 6) is 0. The van der Waals surface area contributed by atoms with Crippen LogP contribution in [0.2, 0.25) is 10.0 Å². The fourth-order valence-electron chi connectivity index (χ4n) is 1.11. The summed E-state index contributed by atoms with van der Waals surface area (Å²) < 4.78 is -0.501.